The molecule has 23 heavy (non-hydrogen) atoms. The molecule has 0 aliphatic heterocycles. The standard InChI is InChI=1S/C17H20N2O4/c1-11(2)13-7-6-12(3)9-15(13)23-10-16(20)18-19-17(21)14-5-4-8-22-14/h4-9,11H,10H2,1-3H3,(H,18,20)(H,19,21). The van der Waals surface area contributed by atoms with Crippen molar-refractivity contribution in [1.29, 1.82) is 0 Å². The Morgan fingerprint density at radius 3 is 2.65 bits per heavy atom. The summed E-state index contributed by atoms with van der Waals surface area (Å²) < 4.78 is 10.5. The van der Waals surface area contributed by atoms with Gasteiger partial charge in [0.1, 0.15) is 5.75 Å². The molecule has 0 bridgehead atoms. The lowest BCUT2D eigenvalue weighted by Crippen LogP contribution is -2.43. The Hall–Kier alpha value is -2.76. The predicted molar refractivity (Wildman–Crippen MR) is 85.1 cm³/mol. The quantitative estimate of drug-likeness (QED) is 0.831. The van der Waals surface area contributed by atoms with Gasteiger partial charge in [-0.25, -0.2) is 0 Å². The van der Waals surface area contributed by atoms with Crippen LogP contribution in [0, 0.1) is 6.92 Å². The van der Waals surface area contributed by atoms with Crippen LogP contribution in [-0.4, -0.2) is 18.4 Å². The van der Waals surface area contributed by atoms with Crippen LogP contribution in [0.3, 0.4) is 0 Å². The molecule has 2 N–H and O–H groups in total. The Morgan fingerprint density at radius 2 is 2.00 bits per heavy atom. The first-order valence-corrected chi connectivity index (χ1v) is 7.33. The van der Waals surface area contributed by atoms with E-state index in [4.69, 9.17) is 9.15 Å². The Kier molecular flexibility index (Phi) is 5.41. The zero-order valence-electron chi connectivity index (χ0n) is 13.4. The van der Waals surface area contributed by atoms with E-state index in [0.717, 1.165) is 11.1 Å². The van der Waals surface area contributed by atoms with E-state index in [1.165, 1.54) is 12.3 Å². The SMILES string of the molecule is Cc1ccc(C(C)C)c(OCC(=O)NNC(=O)c2ccco2)c1. The van der Waals surface area contributed by atoms with E-state index in [1.807, 2.05) is 25.1 Å². The van der Waals surface area contributed by atoms with Crippen LogP contribution in [0.1, 0.15) is 41.4 Å². The molecule has 2 aromatic rings. The monoisotopic (exact) mass is 316 g/mol. The molecule has 2 rings (SSSR count). The Balaban J connectivity index is 1.87. The highest BCUT2D eigenvalue weighted by atomic mass is 16.5. The number of furan rings is 1. The van der Waals surface area contributed by atoms with Crippen molar-refractivity contribution in [1.82, 2.24) is 10.9 Å². The molecule has 122 valence electrons. The number of benzene rings is 1. The fourth-order valence-corrected chi connectivity index (χ4v) is 2.02. The number of hydrazine groups is 1. The number of carbonyl (C=O) groups is 2. The van der Waals surface area contributed by atoms with Gasteiger partial charge in [0.15, 0.2) is 12.4 Å². The molecule has 0 atom stereocenters. The van der Waals surface area contributed by atoms with Crippen molar-refractivity contribution in [3.8, 4) is 5.75 Å². The molecular weight excluding hydrogens is 296 g/mol. The van der Waals surface area contributed by atoms with Gasteiger partial charge < -0.3 is 9.15 Å². The van der Waals surface area contributed by atoms with Gasteiger partial charge in [0.25, 0.3) is 5.91 Å². The number of hydrogen-bond acceptors (Lipinski definition) is 4. The van der Waals surface area contributed by atoms with Crippen LogP contribution in [0.5, 0.6) is 5.75 Å². The first-order chi connectivity index (χ1) is 11.0. The van der Waals surface area contributed by atoms with Crippen molar-refractivity contribution >= 4 is 11.8 Å². The van der Waals surface area contributed by atoms with E-state index in [1.54, 1.807) is 6.07 Å². The molecule has 0 aliphatic rings. The summed E-state index contributed by atoms with van der Waals surface area (Å²) in [6, 6.07) is 8.98. The van der Waals surface area contributed by atoms with Crippen molar-refractivity contribution in [3.63, 3.8) is 0 Å². The summed E-state index contributed by atoms with van der Waals surface area (Å²) in [7, 11) is 0. The smallest absolute Gasteiger partial charge is 0.305 e. The lowest BCUT2D eigenvalue weighted by atomic mass is 10.0. The number of amides is 2. The highest BCUT2D eigenvalue weighted by molar-refractivity contribution is 5.92. The Labute approximate surface area is 134 Å². The van der Waals surface area contributed by atoms with Gasteiger partial charge in [0.2, 0.25) is 0 Å². The maximum Gasteiger partial charge on any atom is 0.305 e. The molecule has 1 aromatic heterocycles. The summed E-state index contributed by atoms with van der Waals surface area (Å²) in [4.78, 5) is 23.4. The first-order valence-electron chi connectivity index (χ1n) is 7.33. The van der Waals surface area contributed by atoms with E-state index >= 15 is 0 Å². The van der Waals surface area contributed by atoms with Gasteiger partial charge in [-0.05, 0) is 42.2 Å². The van der Waals surface area contributed by atoms with Crippen LogP contribution in [0.15, 0.2) is 41.0 Å². The topological polar surface area (TPSA) is 80.6 Å². The van der Waals surface area contributed by atoms with Gasteiger partial charge in [0, 0.05) is 0 Å². The minimum Gasteiger partial charge on any atom is -0.483 e. The zero-order valence-corrected chi connectivity index (χ0v) is 13.4. The second-order valence-electron chi connectivity index (χ2n) is 5.46. The number of nitrogens with one attached hydrogen (secondary N) is 2. The van der Waals surface area contributed by atoms with Crippen molar-refractivity contribution in [2.75, 3.05) is 6.61 Å². The molecule has 1 heterocycles. The van der Waals surface area contributed by atoms with Crippen LogP contribution in [0.2, 0.25) is 0 Å². The van der Waals surface area contributed by atoms with Crippen LogP contribution < -0.4 is 15.6 Å². The number of rotatable bonds is 5. The highest BCUT2D eigenvalue weighted by Crippen LogP contribution is 2.27. The number of ether oxygens (including phenoxy) is 1. The van der Waals surface area contributed by atoms with Crippen molar-refractivity contribution in [3.05, 3.63) is 53.5 Å². The van der Waals surface area contributed by atoms with Gasteiger partial charge >= 0.3 is 5.91 Å². The molecule has 6 nitrogen and oxygen atoms in total. The minimum atomic E-state index is -0.526. The third-order valence-electron chi connectivity index (χ3n) is 3.21. The molecular formula is C17H20N2O4. The molecule has 0 saturated heterocycles. The van der Waals surface area contributed by atoms with Crippen molar-refractivity contribution < 1.29 is 18.7 Å². The largest absolute Gasteiger partial charge is 0.483 e. The van der Waals surface area contributed by atoms with E-state index < -0.39 is 11.8 Å². The second kappa shape index (κ2) is 7.49. The fourth-order valence-electron chi connectivity index (χ4n) is 2.02. The molecule has 0 saturated carbocycles. The molecule has 1 aromatic carbocycles. The maximum atomic E-state index is 11.8. The molecule has 6 heteroatoms. The summed E-state index contributed by atoms with van der Waals surface area (Å²) in [6.45, 7) is 5.88. The molecule has 0 aliphatic carbocycles. The summed E-state index contributed by atoms with van der Waals surface area (Å²) in [5.41, 5.74) is 6.62. The average Bonchev–Trinajstić information content (AvgIpc) is 3.04. The van der Waals surface area contributed by atoms with E-state index in [0.29, 0.717) is 5.75 Å². The van der Waals surface area contributed by atoms with Gasteiger partial charge in [-0.2, -0.15) is 0 Å². The summed E-state index contributed by atoms with van der Waals surface area (Å²) in [5, 5.41) is 0. The van der Waals surface area contributed by atoms with Crippen LogP contribution >= 0.6 is 0 Å². The molecule has 0 fully saturated rings. The second-order valence-corrected chi connectivity index (χ2v) is 5.46. The Morgan fingerprint density at radius 1 is 1.22 bits per heavy atom. The first kappa shape index (κ1) is 16.6. The van der Waals surface area contributed by atoms with E-state index in [9.17, 15) is 9.59 Å². The van der Waals surface area contributed by atoms with E-state index in [-0.39, 0.29) is 18.3 Å². The lowest BCUT2D eigenvalue weighted by Gasteiger charge is -2.14. The molecule has 0 radical (unpaired) electrons. The van der Waals surface area contributed by atoms with Gasteiger partial charge in [-0.15, -0.1) is 0 Å². The zero-order chi connectivity index (χ0) is 16.8. The number of aryl methyl sites for hydroxylation is 1. The lowest BCUT2D eigenvalue weighted by molar-refractivity contribution is -0.123. The maximum absolute atomic E-state index is 11.8. The molecule has 2 amide bonds. The van der Waals surface area contributed by atoms with Crippen LogP contribution in [0.4, 0.5) is 0 Å². The third kappa shape index (κ3) is 4.60. The molecule has 0 spiro atoms. The van der Waals surface area contributed by atoms with E-state index in [2.05, 4.69) is 24.7 Å². The summed E-state index contributed by atoms with van der Waals surface area (Å²) >= 11 is 0. The van der Waals surface area contributed by atoms with Gasteiger partial charge in [-0.1, -0.05) is 26.0 Å². The van der Waals surface area contributed by atoms with Gasteiger partial charge in [0.05, 0.1) is 6.26 Å². The Bertz CT molecular complexity index is 678. The van der Waals surface area contributed by atoms with Crippen molar-refractivity contribution in [2.24, 2.45) is 0 Å². The minimum absolute atomic E-state index is 0.118. The third-order valence-corrected chi connectivity index (χ3v) is 3.21. The van der Waals surface area contributed by atoms with Crippen LogP contribution in [-0.2, 0) is 4.79 Å². The van der Waals surface area contributed by atoms with Crippen molar-refractivity contribution in [2.45, 2.75) is 26.7 Å². The summed E-state index contributed by atoms with van der Waals surface area (Å²) in [6.07, 6.45) is 1.38. The fraction of sp³-hybridized carbons (Fsp3) is 0.294. The number of carbonyl (C=O) groups excluding carboxylic acids is 2. The number of hydrogen-bond donors (Lipinski definition) is 2. The highest BCUT2D eigenvalue weighted by Gasteiger charge is 2.12. The molecule has 0 unspecified atom stereocenters. The predicted octanol–water partition coefficient (Wildman–Crippen LogP) is 2.55. The van der Waals surface area contributed by atoms with Crippen LogP contribution in [0.25, 0.3) is 0 Å². The average molecular weight is 316 g/mol. The summed E-state index contributed by atoms with van der Waals surface area (Å²) in [5.74, 6) is 0.0923. The van der Waals surface area contributed by atoms with Gasteiger partial charge in [-0.3, -0.25) is 20.4 Å². The normalized spacial score (nSPS) is 10.4.